The molecule has 0 saturated heterocycles. The van der Waals surface area contributed by atoms with Crippen molar-refractivity contribution in [3.8, 4) is 23.0 Å². The van der Waals surface area contributed by atoms with Crippen LogP contribution in [0.2, 0.25) is 0 Å². The highest BCUT2D eigenvalue weighted by Crippen LogP contribution is 2.47. The van der Waals surface area contributed by atoms with Gasteiger partial charge in [0.2, 0.25) is 13.6 Å². The Morgan fingerprint density at radius 3 is 2.44 bits per heavy atom. The number of hydrogen-bond donors (Lipinski definition) is 0. The summed E-state index contributed by atoms with van der Waals surface area (Å²) < 4.78 is 62.9. The molecule has 9 nitrogen and oxygen atoms in total. The maximum atomic E-state index is 13.8. The van der Waals surface area contributed by atoms with Gasteiger partial charge in [-0.25, -0.2) is 5.01 Å². The highest BCUT2D eigenvalue weighted by atomic mass is 19.4. The Hall–Kier alpha value is -4.48. The van der Waals surface area contributed by atoms with Crippen LogP contribution in [0.15, 0.2) is 53.1 Å². The molecule has 12 heteroatoms. The fourth-order valence-electron chi connectivity index (χ4n) is 5.85. The average molecular weight is 567 g/mol. The van der Waals surface area contributed by atoms with E-state index in [1.165, 1.54) is 11.9 Å². The molecule has 1 aromatic heterocycles. The van der Waals surface area contributed by atoms with Gasteiger partial charge >= 0.3 is 6.18 Å². The van der Waals surface area contributed by atoms with E-state index in [0.717, 1.165) is 52.4 Å². The summed E-state index contributed by atoms with van der Waals surface area (Å²) in [5.41, 5.74) is 2.71. The summed E-state index contributed by atoms with van der Waals surface area (Å²) in [7, 11) is 0. The van der Waals surface area contributed by atoms with Gasteiger partial charge in [-0.15, -0.1) is 0 Å². The predicted molar refractivity (Wildman–Crippen MR) is 139 cm³/mol. The standard InChI is InChI=1S/C29H25F3N4O5/c1-16-9-25(29(30,31)32)33-35(16)13-26(37)36-28(19-6-8-22-24(12-19)41-15-39-22)20-4-2-3-18(27(20)34-36)10-17-5-7-21-23(11-17)40-14-38-21/h5-12,20,28H,2-4,13-15H2,1H3/b18-10+/t20-,28+/m1/s1. The highest BCUT2D eigenvalue weighted by molar-refractivity contribution is 6.08. The number of rotatable bonds is 4. The molecular weight excluding hydrogens is 541 g/mol. The number of aromatic nitrogens is 2. The summed E-state index contributed by atoms with van der Waals surface area (Å²) in [6.45, 7) is 1.40. The van der Waals surface area contributed by atoms with Gasteiger partial charge in [0.05, 0.1) is 11.8 Å². The van der Waals surface area contributed by atoms with E-state index in [4.69, 9.17) is 24.0 Å². The van der Waals surface area contributed by atoms with Crippen LogP contribution in [0, 0.1) is 12.8 Å². The minimum Gasteiger partial charge on any atom is -0.454 e. The molecule has 1 amide bonds. The maximum Gasteiger partial charge on any atom is 0.435 e. The monoisotopic (exact) mass is 566 g/mol. The zero-order chi connectivity index (χ0) is 28.3. The molecule has 3 aromatic rings. The minimum absolute atomic E-state index is 0.111. The number of allylic oxidation sites excluding steroid dienone is 1. The van der Waals surface area contributed by atoms with Gasteiger partial charge in [-0.3, -0.25) is 9.48 Å². The molecule has 1 aliphatic carbocycles. The van der Waals surface area contributed by atoms with Gasteiger partial charge in [-0.1, -0.05) is 12.1 Å². The number of fused-ring (bicyclic) bond motifs is 3. The van der Waals surface area contributed by atoms with Crippen molar-refractivity contribution in [3.63, 3.8) is 0 Å². The van der Waals surface area contributed by atoms with Gasteiger partial charge in [0.25, 0.3) is 5.91 Å². The number of hydrazone groups is 1. The van der Waals surface area contributed by atoms with Gasteiger partial charge in [-0.05, 0) is 79.3 Å². The van der Waals surface area contributed by atoms with E-state index in [1.54, 1.807) is 6.07 Å². The first-order valence-corrected chi connectivity index (χ1v) is 13.3. The molecule has 2 aromatic carbocycles. The first-order valence-electron chi connectivity index (χ1n) is 13.3. The molecular formula is C29H25F3N4O5. The third-order valence-electron chi connectivity index (χ3n) is 7.79. The number of ether oxygens (including phenoxy) is 4. The summed E-state index contributed by atoms with van der Waals surface area (Å²) in [4.78, 5) is 13.8. The summed E-state index contributed by atoms with van der Waals surface area (Å²) in [6, 6.07) is 11.7. The second kappa shape index (κ2) is 9.57. The Kier molecular flexibility index (Phi) is 5.95. The number of benzene rings is 2. The lowest BCUT2D eigenvalue weighted by Gasteiger charge is -2.29. The van der Waals surface area contributed by atoms with Gasteiger partial charge in [-0.2, -0.15) is 23.4 Å². The number of nitrogens with zero attached hydrogens (tertiary/aromatic N) is 4. The third kappa shape index (κ3) is 4.56. The zero-order valence-corrected chi connectivity index (χ0v) is 22.0. The quantitative estimate of drug-likeness (QED) is 0.415. The first kappa shape index (κ1) is 25.5. The number of amides is 1. The van der Waals surface area contributed by atoms with Crippen LogP contribution in [0.3, 0.4) is 0 Å². The molecule has 4 aliphatic rings. The van der Waals surface area contributed by atoms with Gasteiger partial charge < -0.3 is 18.9 Å². The third-order valence-corrected chi connectivity index (χ3v) is 7.79. The molecule has 0 bridgehead atoms. The molecule has 0 spiro atoms. The van der Waals surface area contributed by atoms with Crippen LogP contribution < -0.4 is 18.9 Å². The lowest BCUT2D eigenvalue weighted by Crippen LogP contribution is -2.34. The lowest BCUT2D eigenvalue weighted by molar-refractivity contribution is -0.142. The zero-order valence-electron chi connectivity index (χ0n) is 22.0. The van der Waals surface area contributed by atoms with Gasteiger partial charge in [0.15, 0.2) is 28.7 Å². The van der Waals surface area contributed by atoms with Gasteiger partial charge in [0, 0.05) is 11.6 Å². The van der Waals surface area contributed by atoms with E-state index in [-0.39, 0.29) is 31.7 Å². The van der Waals surface area contributed by atoms with Crippen molar-refractivity contribution in [2.24, 2.45) is 11.0 Å². The summed E-state index contributed by atoms with van der Waals surface area (Å²) >= 11 is 0. The van der Waals surface area contributed by atoms with Crippen molar-refractivity contribution in [1.29, 1.82) is 0 Å². The van der Waals surface area contributed by atoms with E-state index in [9.17, 15) is 18.0 Å². The topological polar surface area (TPSA) is 87.4 Å². The van der Waals surface area contributed by atoms with E-state index in [1.807, 2.05) is 36.4 Å². The summed E-state index contributed by atoms with van der Waals surface area (Å²) in [6.07, 6.45) is -0.112. The number of aryl methyl sites for hydroxylation is 1. The number of hydrogen-bond acceptors (Lipinski definition) is 7. The van der Waals surface area contributed by atoms with Gasteiger partial charge in [0.1, 0.15) is 6.54 Å². The summed E-state index contributed by atoms with van der Waals surface area (Å²) in [5.74, 6) is 1.98. The molecule has 2 atom stereocenters. The second-order valence-electron chi connectivity index (χ2n) is 10.4. The molecule has 212 valence electrons. The number of carbonyl (C=O) groups is 1. The summed E-state index contributed by atoms with van der Waals surface area (Å²) in [5, 5.41) is 9.89. The highest BCUT2D eigenvalue weighted by Gasteiger charge is 2.44. The van der Waals surface area contributed by atoms with Crippen molar-refractivity contribution in [2.45, 2.75) is 44.9 Å². The lowest BCUT2D eigenvalue weighted by atomic mass is 9.77. The van der Waals surface area contributed by atoms with Crippen LogP contribution in [-0.4, -0.2) is 40.0 Å². The number of carbonyl (C=O) groups excluding carboxylic acids is 1. The molecule has 0 N–H and O–H groups in total. The van der Waals surface area contributed by atoms with E-state index >= 15 is 0 Å². The predicted octanol–water partition coefficient (Wildman–Crippen LogP) is 5.49. The second-order valence-corrected chi connectivity index (χ2v) is 10.4. The normalized spacial score (nSPS) is 21.8. The number of alkyl halides is 3. The van der Waals surface area contributed by atoms with E-state index < -0.39 is 23.8 Å². The fourth-order valence-corrected chi connectivity index (χ4v) is 5.85. The Morgan fingerprint density at radius 1 is 1.00 bits per heavy atom. The Balaban J connectivity index is 1.25. The largest absolute Gasteiger partial charge is 0.454 e. The Bertz CT molecular complexity index is 1610. The van der Waals surface area contributed by atoms with Crippen LogP contribution in [0.1, 0.15) is 47.8 Å². The first-order chi connectivity index (χ1) is 19.7. The van der Waals surface area contributed by atoms with Crippen LogP contribution in [0.25, 0.3) is 6.08 Å². The minimum atomic E-state index is -4.61. The molecule has 7 rings (SSSR count). The van der Waals surface area contributed by atoms with Crippen LogP contribution in [-0.2, 0) is 17.5 Å². The molecule has 1 saturated carbocycles. The molecule has 41 heavy (non-hydrogen) atoms. The smallest absolute Gasteiger partial charge is 0.435 e. The Labute approximate surface area is 232 Å². The van der Waals surface area contributed by atoms with E-state index in [0.29, 0.717) is 23.0 Å². The van der Waals surface area contributed by atoms with Crippen molar-refractivity contribution in [2.75, 3.05) is 13.6 Å². The molecule has 3 aliphatic heterocycles. The Morgan fingerprint density at radius 2 is 1.71 bits per heavy atom. The number of halogens is 3. The van der Waals surface area contributed by atoms with Crippen molar-refractivity contribution < 1.29 is 36.9 Å². The van der Waals surface area contributed by atoms with Crippen LogP contribution in [0.4, 0.5) is 13.2 Å². The molecule has 4 heterocycles. The molecule has 0 unspecified atom stereocenters. The fraction of sp³-hybridized carbons (Fsp3) is 0.345. The van der Waals surface area contributed by atoms with Crippen molar-refractivity contribution in [1.82, 2.24) is 14.8 Å². The van der Waals surface area contributed by atoms with Crippen LogP contribution in [0.5, 0.6) is 23.0 Å². The average Bonchev–Trinajstić information content (AvgIpc) is 3.73. The molecule has 0 radical (unpaired) electrons. The SMILES string of the molecule is Cc1cc(C(F)(F)F)nn1CC(=O)N1N=C2/C(=C/c3ccc4c(c3)OCO4)CCC[C@H]2[C@@H]1c1ccc2c(c1)OCO2. The van der Waals surface area contributed by atoms with Crippen molar-refractivity contribution >= 4 is 17.7 Å². The van der Waals surface area contributed by atoms with E-state index in [2.05, 4.69) is 5.10 Å². The molecule has 1 fully saturated rings. The van der Waals surface area contributed by atoms with Crippen molar-refractivity contribution in [3.05, 3.63) is 70.6 Å². The van der Waals surface area contributed by atoms with Crippen LogP contribution >= 0.6 is 0 Å². The maximum absolute atomic E-state index is 13.8.